The molecule has 4 heterocycles. The van der Waals surface area contributed by atoms with E-state index < -0.39 is 11.5 Å². The molecule has 4 aromatic rings. The molecule has 0 saturated carbocycles. The first-order valence-electron chi connectivity index (χ1n) is 9.54. The molecule has 1 saturated heterocycles. The lowest BCUT2D eigenvalue weighted by molar-refractivity contribution is 0.0544. The van der Waals surface area contributed by atoms with E-state index in [1.165, 1.54) is 12.1 Å². The smallest absolute Gasteiger partial charge is 0.187 e. The highest BCUT2D eigenvalue weighted by atomic mass is 35.5. The van der Waals surface area contributed by atoms with Gasteiger partial charge in [-0.15, -0.1) is 35.0 Å². The maximum atomic E-state index is 14.9. The van der Waals surface area contributed by atoms with Crippen LogP contribution >= 0.6 is 24.8 Å². The number of fused-ring (bicyclic) bond motifs is 2. The number of hydrogen-bond acceptors (Lipinski definition) is 5. The summed E-state index contributed by atoms with van der Waals surface area (Å²) in [5.74, 6) is 0.345. The van der Waals surface area contributed by atoms with Gasteiger partial charge < -0.3 is 10.1 Å². The molecule has 1 aromatic carbocycles. The summed E-state index contributed by atoms with van der Waals surface area (Å²) < 4.78 is 36.6. The number of pyridine rings is 2. The van der Waals surface area contributed by atoms with Gasteiger partial charge in [0.15, 0.2) is 11.5 Å². The Balaban J connectivity index is 0.00000136. The van der Waals surface area contributed by atoms with Crippen molar-refractivity contribution in [2.75, 3.05) is 19.7 Å². The van der Waals surface area contributed by atoms with E-state index in [1.807, 2.05) is 28.8 Å². The molecule has 5 rings (SSSR count). The fourth-order valence-corrected chi connectivity index (χ4v) is 3.64. The highest BCUT2D eigenvalue weighted by Gasteiger charge is 2.33. The molecule has 0 radical (unpaired) electrons. The van der Waals surface area contributed by atoms with Crippen LogP contribution in [0, 0.1) is 5.82 Å². The lowest BCUT2D eigenvalue weighted by Crippen LogP contribution is -2.42. The number of hydrogen-bond donors (Lipinski definition) is 1. The van der Waals surface area contributed by atoms with Crippen molar-refractivity contribution in [1.29, 1.82) is 0 Å². The minimum Gasteiger partial charge on any atom is -0.488 e. The first-order valence-corrected chi connectivity index (χ1v) is 9.54. The Morgan fingerprint density at radius 2 is 1.87 bits per heavy atom. The van der Waals surface area contributed by atoms with Crippen molar-refractivity contribution in [2.45, 2.75) is 18.5 Å². The highest BCUT2D eigenvalue weighted by Crippen LogP contribution is 2.31. The molecule has 3 aromatic heterocycles. The van der Waals surface area contributed by atoms with E-state index in [1.54, 1.807) is 12.1 Å². The zero-order valence-corrected chi connectivity index (χ0v) is 18.1. The van der Waals surface area contributed by atoms with Crippen LogP contribution < -0.4 is 10.1 Å². The van der Waals surface area contributed by atoms with E-state index in [9.17, 15) is 8.78 Å². The molecule has 0 atom stereocenters. The van der Waals surface area contributed by atoms with Gasteiger partial charge in [0.05, 0.1) is 0 Å². The second-order valence-electron chi connectivity index (χ2n) is 7.31. The van der Waals surface area contributed by atoms with Crippen LogP contribution in [0.3, 0.4) is 0 Å². The maximum absolute atomic E-state index is 14.9. The first-order chi connectivity index (χ1) is 14.1. The molecule has 10 heteroatoms. The normalized spacial score (nSPS) is 15.3. The van der Waals surface area contributed by atoms with Crippen molar-refractivity contribution in [3.63, 3.8) is 0 Å². The molecule has 0 amide bonds. The number of alkyl halides is 1. The molecule has 164 valence electrons. The van der Waals surface area contributed by atoms with Crippen LogP contribution in [0.5, 0.6) is 5.75 Å². The van der Waals surface area contributed by atoms with Crippen molar-refractivity contribution >= 4 is 41.4 Å². The van der Waals surface area contributed by atoms with Crippen LogP contribution in [0.25, 0.3) is 28.1 Å². The van der Waals surface area contributed by atoms with Crippen LogP contribution in [0.1, 0.15) is 12.8 Å². The molecule has 1 fully saturated rings. The summed E-state index contributed by atoms with van der Waals surface area (Å²) in [7, 11) is 0. The second-order valence-corrected chi connectivity index (χ2v) is 7.31. The number of rotatable bonds is 4. The van der Waals surface area contributed by atoms with Gasteiger partial charge in [-0.2, -0.15) is 0 Å². The fourth-order valence-electron chi connectivity index (χ4n) is 3.64. The third kappa shape index (κ3) is 4.56. The standard InChI is InChI=1S/C21H19F2N5O.2ClH/c22-15-11-14-4-5-16(20-27-26-18-3-1-2-10-28(18)20)25-19(14)17(12-15)29-13-21(23)6-8-24-9-7-21;;/h1-5,10-12,24H,6-9,13H2;2*1H. The largest absolute Gasteiger partial charge is 0.488 e. The van der Waals surface area contributed by atoms with Gasteiger partial charge in [-0.25, -0.2) is 13.8 Å². The number of halogens is 4. The predicted octanol–water partition coefficient (Wildman–Crippen LogP) is 4.40. The number of ether oxygens (including phenoxy) is 1. The molecule has 0 unspecified atom stereocenters. The van der Waals surface area contributed by atoms with Gasteiger partial charge in [-0.1, -0.05) is 12.1 Å². The Labute approximate surface area is 189 Å². The molecule has 1 N–H and O–H groups in total. The zero-order chi connectivity index (χ0) is 19.8. The summed E-state index contributed by atoms with van der Waals surface area (Å²) in [6.07, 6.45) is 2.58. The molecule has 0 bridgehead atoms. The molecule has 1 aliphatic rings. The lowest BCUT2D eigenvalue weighted by Gasteiger charge is -2.29. The molecular formula is C21H21Cl2F2N5O. The lowest BCUT2D eigenvalue weighted by atomic mass is 9.95. The van der Waals surface area contributed by atoms with Crippen LogP contribution in [0.15, 0.2) is 48.7 Å². The van der Waals surface area contributed by atoms with Gasteiger partial charge in [0, 0.05) is 17.6 Å². The van der Waals surface area contributed by atoms with Gasteiger partial charge in [-0.3, -0.25) is 4.40 Å². The average molecular weight is 468 g/mol. The fraction of sp³-hybridized carbons (Fsp3) is 0.286. The number of nitrogens with zero attached hydrogens (tertiary/aromatic N) is 4. The number of nitrogens with one attached hydrogen (secondary N) is 1. The van der Waals surface area contributed by atoms with Crippen LogP contribution in [-0.2, 0) is 0 Å². The topological polar surface area (TPSA) is 64.3 Å². The van der Waals surface area contributed by atoms with Crippen LogP contribution in [-0.4, -0.2) is 44.9 Å². The number of aromatic nitrogens is 4. The molecule has 0 aliphatic carbocycles. The summed E-state index contributed by atoms with van der Waals surface area (Å²) in [5.41, 5.74) is 0.314. The Kier molecular flexibility index (Phi) is 6.93. The van der Waals surface area contributed by atoms with Crippen molar-refractivity contribution in [3.05, 3.63) is 54.5 Å². The minimum atomic E-state index is -1.43. The van der Waals surface area contributed by atoms with Gasteiger partial charge >= 0.3 is 0 Å². The van der Waals surface area contributed by atoms with Gasteiger partial charge in [0.2, 0.25) is 0 Å². The summed E-state index contributed by atoms with van der Waals surface area (Å²) in [6.45, 7) is 1.07. The van der Waals surface area contributed by atoms with Gasteiger partial charge in [-0.05, 0) is 50.2 Å². The Hall–Kier alpha value is -2.55. The quantitative estimate of drug-likeness (QED) is 0.481. The summed E-state index contributed by atoms with van der Waals surface area (Å²) in [6, 6.07) is 11.8. The Bertz CT molecular complexity index is 1200. The van der Waals surface area contributed by atoms with Gasteiger partial charge in [0.25, 0.3) is 0 Å². The van der Waals surface area contributed by atoms with Crippen molar-refractivity contribution in [3.8, 4) is 17.3 Å². The molecule has 0 spiro atoms. The zero-order valence-electron chi connectivity index (χ0n) is 16.4. The highest BCUT2D eigenvalue weighted by molar-refractivity contribution is 5.86. The molecule has 31 heavy (non-hydrogen) atoms. The Morgan fingerprint density at radius 1 is 1.06 bits per heavy atom. The Morgan fingerprint density at radius 3 is 2.68 bits per heavy atom. The third-order valence-electron chi connectivity index (χ3n) is 5.25. The predicted molar refractivity (Wildman–Crippen MR) is 120 cm³/mol. The van der Waals surface area contributed by atoms with E-state index >= 15 is 0 Å². The van der Waals surface area contributed by atoms with E-state index in [0.29, 0.717) is 54.0 Å². The SMILES string of the molecule is Cl.Cl.Fc1cc(OCC2(F)CCNCC2)c2nc(-c3nnc4ccccn34)ccc2c1. The molecule has 6 nitrogen and oxygen atoms in total. The minimum absolute atomic E-state index is 0. The van der Waals surface area contributed by atoms with E-state index in [0.717, 1.165) is 0 Å². The second kappa shape index (κ2) is 9.30. The summed E-state index contributed by atoms with van der Waals surface area (Å²) >= 11 is 0. The maximum Gasteiger partial charge on any atom is 0.187 e. The summed E-state index contributed by atoms with van der Waals surface area (Å²) in [5, 5.41) is 12.1. The monoisotopic (exact) mass is 467 g/mol. The average Bonchev–Trinajstić information content (AvgIpc) is 3.16. The van der Waals surface area contributed by atoms with Crippen molar-refractivity contribution in [2.24, 2.45) is 0 Å². The third-order valence-corrected chi connectivity index (χ3v) is 5.25. The van der Waals surface area contributed by atoms with E-state index in [4.69, 9.17) is 4.74 Å². The van der Waals surface area contributed by atoms with Crippen molar-refractivity contribution < 1.29 is 13.5 Å². The molecule has 1 aliphatic heterocycles. The van der Waals surface area contributed by atoms with E-state index in [-0.39, 0.29) is 37.2 Å². The first kappa shape index (κ1) is 23.1. The van der Waals surface area contributed by atoms with E-state index in [2.05, 4.69) is 20.5 Å². The summed E-state index contributed by atoms with van der Waals surface area (Å²) in [4.78, 5) is 4.65. The number of piperidine rings is 1. The molecular weight excluding hydrogens is 447 g/mol. The van der Waals surface area contributed by atoms with Crippen LogP contribution in [0.2, 0.25) is 0 Å². The number of benzene rings is 1. The van der Waals surface area contributed by atoms with Gasteiger partial charge in [0.1, 0.15) is 35.1 Å². The van der Waals surface area contributed by atoms with Crippen LogP contribution in [0.4, 0.5) is 8.78 Å². The van der Waals surface area contributed by atoms with Crippen molar-refractivity contribution in [1.82, 2.24) is 24.9 Å².